The average molecular weight is 343 g/mol. The van der Waals surface area contributed by atoms with Crippen LogP contribution in [0.5, 0.6) is 0 Å². The van der Waals surface area contributed by atoms with Crippen LogP contribution in [0.2, 0.25) is 0 Å². The van der Waals surface area contributed by atoms with Crippen molar-refractivity contribution >= 4 is 11.8 Å². The molecule has 2 aromatic rings. The first kappa shape index (κ1) is 18.9. The third-order valence-corrected chi connectivity index (χ3v) is 4.45. The van der Waals surface area contributed by atoms with E-state index < -0.39 is 5.97 Å². The molecule has 0 saturated heterocycles. The summed E-state index contributed by atoms with van der Waals surface area (Å²) in [5.74, 6) is -0.443. The van der Waals surface area contributed by atoms with E-state index in [1.54, 1.807) is 20.8 Å². The van der Waals surface area contributed by atoms with E-state index in [0.29, 0.717) is 29.1 Å². The van der Waals surface area contributed by atoms with E-state index in [-0.39, 0.29) is 11.8 Å². The maximum absolute atomic E-state index is 12.9. The third kappa shape index (κ3) is 3.98. The molecule has 0 fully saturated rings. The quantitative estimate of drug-likeness (QED) is 0.475. The molecule has 0 unspecified atom stereocenters. The normalized spacial score (nSPS) is 12.0. The van der Waals surface area contributed by atoms with Gasteiger partial charge >= 0.3 is 5.97 Å². The standard InChI is InChI=1S/C20H26N2O3/c1-6-8-16-9-11-22(12-10-16)15(5)19(23)18-13(3)17(14(4)21-18)20(24)25-7-2/h9-12,15H,6-8H2,1-5H3/p+1/t15-/m0/s1. The van der Waals surface area contributed by atoms with Gasteiger partial charge in [0.1, 0.15) is 0 Å². The van der Waals surface area contributed by atoms with Crippen molar-refractivity contribution in [3.63, 3.8) is 0 Å². The van der Waals surface area contributed by atoms with Crippen LogP contribution in [0.1, 0.15) is 70.9 Å². The first-order valence-electron chi connectivity index (χ1n) is 8.80. The fourth-order valence-electron chi connectivity index (χ4n) is 3.03. The molecule has 0 aliphatic rings. The Balaban J connectivity index is 2.28. The number of aryl methyl sites for hydroxylation is 2. The lowest BCUT2D eigenvalue weighted by Gasteiger charge is -2.07. The summed E-state index contributed by atoms with van der Waals surface area (Å²) in [6.45, 7) is 9.65. The van der Waals surface area contributed by atoms with Crippen molar-refractivity contribution in [3.8, 4) is 0 Å². The van der Waals surface area contributed by atoms with Crippen molar-refractivity contribution in [1.29, 1.82) is 0 Å². The Labute approximate surface area is 149 Å². The Kier molecular flexibility index (Phi) is 6.12. The molecule has 1 atom stereocenters. The Morgan fingerprint density at radius 2 is 1.84 bits per heavy atom. The minimum absolute atomic E-state index is 0.0515. The number of aromatic amines is 1. The van der Waals surface area contributed by atoms with Gasteiger partial charge in [0, 0.05) is 24.8 Å². The fraction of sp³-hybridized carbons (Fsp3) is 0.450. The highest BCUT2D eigenvalue weighted by atomic mass is 16.5. The number of pyridine rings is 1. The molecule has 0 spiro atoms. The zero-order chi connectivity index (χ0) is 18.6. The molecule has 0 amide bonds. The number of carbonyl (C=O) groups excluding carboxylic acids is 2. The minimum atomic E-state index is -0.392. The lowest BCUT2D eigenvalue weighted by molar-refractivity contribution is -0.704. The topological polar surface area (TPSA) is 63.0 Å². The van der Waals surface area contributed by atoms with Crippen molar-refractivity contribution in [2.24, 2.45) is 0 Å². The number of carbonyl (C=O) groups is 2. The molecule has 0 aliphatic heterocycles. The van der Waals surface area contributed by atoms with Crippen LogP contribution in [0.25, 0.3) is 0 Å². The SMILES string of the molecule is CCCc1cc[n+]([C@@H](C)C(=O)c2[nH]c(C)c(C(=O)OCC)c2C)cc1. The summed E-state index contributed by atoms with van der Waals surface area (Å²) in [5.41, 5.74) is 3.50. The number of H-pyrrole nitrogens is 1. The van der Waals surface area contributed by atoms with Crippen molar-refractivity contribution in [3.05, 3.63) is 52.6 Å². The second-order valence-electron chi connectivity index (χ2n) is 6.29. The van der Waals surface area contributed by atoms with Gasteiger partial charge in [0.05, 0.1) is 17.9 Å². The zero-order valence-corrected chi connectivity index (χ0v) is 15.7. The van der Waals surface area contributed by atoms with E-state index in [1.165, 1.54) is 5.56 Å². The molecule has 0 aliphatic carbocycles. The number of hydrogen-bond acceptors (Lipinski definition) is 3. The molecule has 0 aromatic carbocycles. The second kappa shape index (κ2) is 8.10. The molecule has 2 aromatic heterocycles. The van der Waals surface area contributed by atoms with Crippen LogP contribution in [0.15, 0.2) is 24.5 Å². The maximum Gasteiger partial charge on any atom is 0.340 e. The summed E-state index contributed by atoms with van der Waals surface area (Å²) in [6.07, 6.45) is 5.99. The van der Waals surface area contributed by atoms with Gasteiger partial charge in [-0.2, -0.15) is 4.57 Å². The Hall–Kier alpha value is -2.43. The molecule has 0 radical (unpaired) electrons. The molecular formula is C20H27N2O3+. The molecular weight excluding hydrogens is 316 g/mol. The summed E-state index contributed by atoms with van der Waals surface area (Å²) in [4.78, 5) is 28.1. The molecule has 25 heavy (non-hydrogen) atoms. The fourth-order valence-corrected chi connectivity index (χ4v) is 3.03. The van der Waals surface area contributed by atoms with Crippen molar-refractivity contribution in [1.82, 2.24) is 4.98 Å². The number of hydrogen-bond donors (Lipinski definition) is 1. The van der Waals surface area contributed by atoms with Crippen LogP contribution in [-0.4, -0.2) is 23.3 Å². The molecule has 0 saturated carbocycles. The van der Waals surface area contributed by atoms with Crippen LogP contribution in [0.3, 0.4) is 0 Å². The first-order chi connectivity index (χ1) is 11.9. The van der Waals surface area contributed by atoms with Gasteiger partial charge < -0.3 is 9.72 Å². The molecule has 134 valence electrons. The number of aromatic nitrogens is 2. The van der Waals surface area contributed by atoms with E-state index in [0.717, 1.165) is 12.8 Å². The highest BCUT2D eigenvalue weighted by molar-refractivity contribution is 6.02. The van der Waals surface area contributed by atoms with Crippen LogP contribution >= 0.6 is 0 Å². The summed E-state index contributed by atoms with van der Waals surface area (Å²) < 4.78 is 6.98. The van der Waals surface area contributed by atoms with Gasteiger partial charge in [-0.3, -0.25) is 4.79 Å². The average Bonchev–Trinajstić information content (AvgIpc) is 2.89. The molecule has 2 heterocycles. The highest BCUT2D eigenvalue weighted by Gasteiger charge is 2.29. The summed E-state index contributed by atoms with van der Waals surface area (Å²) in [5, 5.41) is 0. The van der Waals surface area contributed by atoms with Gasteiger partial charge in [-0.25, -0.2) is 4.79 Å². The smallest absolute Gasteiger partial charge is 0.340 e. The van der Waals surface area contributed by atoms with Gasteiger partial charge in [-0.1, -0.05) is 13.3 Å². The van der Waals surface area contributed by atoms with E-state index in [2.05, 4.69) is 11.9 Å². The number of Topliss-reactive ketones (excluding diaryl/α,β-unsaturated/α-hetero) is 1. The van der Waals surface area contributed by atoms with Crippen molar-refractivity contribution < 1.29 is 18.9 Å². The molecule has 5 nitrogen and oxygen atoms in total. The third-order valence-electron chi connectivity index (χ3n) is 4.45. The zero-order valence-electron chi connectivity index (χ0n) is 15.7. The monoisotopic (exact) mass is 343 g/mol. The minimum Gasteiger partial charge on any atom is -0.462 e. The Morgan fingerprint density at radius 3 is 2.40 bits per heavy atom. The molecule has 2 rings (SSSR count). The number of nitrogens with zero attached hydrogens (tertiary/aromatic N) is 1. The summed E-state index contributed by atoms with van der Waals surface area (Å²) in [7, 11) is 0. The molecule has 5 heteroatoms. The largest absolute Gasteiger partial charge is 0.462 e. The maximum atomic E-state index is 12.9. The number of rotatable bonds is 7. The molecule has 1 N–H and O–H groups in total. The first-order valence-corrected chi connectivity index (χ1v) is 8.80. The van der Waals surface area contributed by atoms with E-state index in [9.17, 15) is 9.59 Å². The van der Waals surface area contributed by atoms with Gasteiger partial charge in [-0.05, 0) is 38.3 Å². The second-order valence-corrected chi connectivity index (χ2v) is 6.29. The summed E-state index contributed by atoms with van der Waals surface area (Å²) in [6, 6.07) is 3.73. The summed E-state index contributed by atoms with van der Waals surface area (Å²) >= 11 is 0. The van der Waals surface area contributed by atoms with Crippen LogP contribution in [0.4, 0.5) is 0 Å². The van der Waals surface area contributed by atoms with E-state index in [1.807, 2.05) is 36.0 Å². The predicted octanol–water partition coefficient (Wildman–Crippen LogP) is 3.49. The Bertz CT molecular complexity index is 760. The number of nitrogens with one attached hydrogen (secondary N) is 1. The lowest BCUT2D eigenvalue weighted by Crippen LogP contribution is -2.42. The van der Waals surface area contributed by atoms with Gasteiger partial charge in [-0.15, -0.1) is 0 Å². The number of esters is 1. The van der Waals surface area contributed by atoms with Crippen LogP contribution < -0.4 is 4.57 Å². The van der Waals surface area contributed by atoms with E-state index in [4.69, 9.17) is 4.74 Å². The van der Waals surface area contributed by atoms with Crippen LogP contribution in [0, 0.1) is 13.8 Å². The molecule has 0 bridgehead atoms. The van der Waals surface area contributed by atoms with Crippen LogP contribution in [-0.2, 0) is 11.2 Å². The van der Waals surface area contributed by atoms with Gasteiger partial charge in [0.15, 0.2) is 12.4 Å². The van der Waals surface area contributed by atoms with Gasteiger partial charge in [0.2, 0.25) is 11.8 Å². The van der Waals surface area contributed by atoms with E-state index >= 15 is 0 Å². The predicted molar refractivity (Wildman–Crippen MR) is 95.9 cm³/mol. The highest BCUT2D eigenvalue weighted by Crippen LogP contribution is 2.21. The Morgan fingerprint density at radius 1 is 1.20 bits per heavy atom. The number of ketones is 1. The van der Waals surface area contributed by atoms with Gasteiger partial charge in [0.25, 0.3) is 0 Å². The number of ether oxygens (including phenoxy) is 1. The van der Waals surface area contributed by atoms with Crippen molar-refractivity contribution in [2.75, 3.05) is 6.61 Å². The lowest BCUT2D eigenvalue weighted by atomic mass is 10.0. The van der Waals surface area contributed by atoms with Crippen molar-refractivity contribution in [2.45, 2.75) is 53.5 Å².